The van der Waals surface area contributed by atoms with Gasteiger partial charge in [0.05, 0.1) is 10.0 Å². The van der Waals surface area contributed by atoms with Gasteiger partial charge in [-0.25, -0.2) is 0 Å². The van der Waals surface area contributed by atoms with E-state index in [2.05, 4.69) is 37.4 Å². The molecular formula is C17H19Cl2N. The van der Waals surface area contributed by atoms with Crippen LogP contribution in [0.3, 0.4) is 0 Å². The van der Waals surface area contributed by atoms with Crippen LogP contribution >= 0.6 is 23.2 Å². The molecule has 0 aliphatic heterocycles. The first kappa shape index (κ1) is 15.4. The van der Waals surface area contributed by atoms with Crippen LogP contribution in [-0.2, 0) is 6.42 Å². The summed E-state index contributed by atoms with van der Waals surface area (Å²) in [6.45, 7) is 4.29. The molecule has 1 atom stereocenters. The molecular weight excluding hydrogens is 289 g/mol. The summed E-state index contributed by atoms with van der Waals surface area (Å²) >= 11 is 12.4. The minimum Gasteiger partial charge on any atom is -0.313 e. The van der Waals surface area contributed by atoms with Gasteiger partial charge >= 0.3 is 0 Å². The molecule has 0 aromatic heterocycles. The second-order valence-electron chi connectivity index (χ2n) is 5.06. The van der Waals surface area contributed by atoms with Crippen molar-refractivity contribution in [2.75, 3.05) is 7.05 Å². The Hall–Kier alpha value is -1.02. The predicted octanol–water partition coefficient (Wildman–Crippen LogP) is 5.11. The zero-order valence-electron chi connectivity index (χ0n) is 12.0. The SMILES string of the molecule is CNC(Cc1cccc(Cl)c1Cl)c1c(C)cccc1C. The molecule has 0 saturated carbocycles. The smallest absolute Gasteiger partial charge is 0.0624 e. The Morgan fingerprint density at radius 3 is 2.20 bits per heavy atom. The molecule has 20 heavy (non-hydrogen) atoms. The molecule has 1 unspecified atom stereocenters. The molecule has 0 saturated heterocycles. The Bertz CT molecular complexity index is 588. The summed E-state index contributed by atoms with van der Waals surface area (Å²) < 4.78 is 0. The van der Waals surface area contributed by atoms with Crippen LogP contribution in [0.2, 0.25) is 10.0 Å². The lowest BCUT2D eigenvalue weighted by Crippen LogP contribution is -2.21. The number of hydrogen-bond donors (Lipinski definition) is 1. The average molecular weight is 308 g/mol. The Labute approximate surface area is 130 Å². The first-order valence-corrected chi connectivity index (χ1v) is 7.46. The lowest BCUT2D eigenvalue weighted by Gasteiger charge is -2.22. The lowest BCUT2D eigenvalue weighted by molar-refractivity contribution is 0.586. The van der Waals surface area contributed by atoms with Crippen LogP contribution in [0.25, 0.3) is 0 Å². The van der Waals surface area contributed by atoms with Gasteiger partial charge in [0.1, 0.15) is 0 Å². The molecule has 2 aromatic rings. The number of rotatable bonds is 4. The van der Waals surface area contributed by atoms with E-state index in [0.29, 0.717) is 10.0 Å². The van der Waals surface area contributed by atoms with Crippen molar-refractivity contribution >= 4 is 23.2 Å². The maximum absolute atomic E-state index is 6.30. The molecule has 0 aliphatic rings. The standard InChI is InChI=1S/C17H19Cl2N/c1-11-6-4-7-12(2)16(11)15(20-3)10-13-8-5-9-14(18)17(13)19/h4-9,15,20H,10H2,1-3H3. The first-order chi connectivity index (χ1) is 9.54. The van der Waals surface area contributed by atoms with Gasteiger partial charge in [-0.3, -0.25) is 0 Å². The molecule has 0 spiro atoms. The first-order valence-electron chi connectivity index (χ1n) is 6.71. The number of nitrogens with one attached hydrogen (secondary N) is 1. The van der Waals surface area contributed by atoms with E-state index >= 15 is 0 Å². The number of halogens is 2. The van der Waals surface area contributed by atoms with Crippen LogP contribution in [0.5, 0.6) is 0 Å². The quantitative estimate of drug-likeness (QED) is 0.827. The van der Waals surface area contributed by atoms with E-state index in [0.717, 1.165) is 12.0 Å². The fraction of sp³-hybridized carbons (Fsp3) is 0.294. The third kappa shape index (κ3) is 3.17. The Kier molecular flexibility index (Phi) is 5.09. The number of hydrogen-bond acceptors (Lipinski definition) is 1. The molecule has 1 nitrogen and oxygen atoms in total. The van der Waals surface area contributed by atoms with Crippen LogP contribution in [0.15, 0.2) is 36.4 Å². The van der Waals surface area contributed by atoms with Gasteiger partial charge in [0.2, 0.25) is 0 Å². The van der Waals surface area contributed by atoms with Gasteiger partial charge in [0, 0.05) is 6.04 Å². The minimum absolute atomic E-state index is 0.229. The molecule has 0 aliphatic carbocycles. The fourth-order valence-corrected chi connectivity index (χ4v) is 3.05. The van der Waals surface area contributed by atoms with E-state index < -0.39 is 0 Å². The highest BCUT2D eigenvalue weighted by atomic mass is 35.5. The van der Waals surface area contributed by atoms with Crippen molar-refractivity contribution in [2.24, 2.45) is 0 Å². The van der Waals surface area contributed by atoms with Crippen molar-refractivity contribution in [3.8, 4) is 0 Å². The third-order valence-electron chi connectivity index (χ3n) is 3.69. The maximum atomic E-state index is 6.30. The molecule has 0 radical (unpaired) electrons. The third-order valence-corrected chi connectivity index (χ3v) is 4.55. The molecule has 3 heteroatoms. The van der Waals surface area contributed by atoms with Crippen LogP contribution in [0.4, 0.5) is 0 Å². The summed E-state index contributed by atoms with van der Waals surface area (Å²) in [5, 5.41) is 4.66. The van der Waals surface area contributed by atoms with Gasteiger partial charge in [0.25, 0.3) is 0 Å². The van der Waals surface area contributed by atoms with Gasteiger partial charge in [0.15, 0.2) is 0 Å². The summed E-state index contributed by atoms with van der Waals surface area (Å²) in [7, 11) is 1.98. The summed E-state index contributed by atoms with van der Waals surface area (Å²) in [5.41, 5.74) is 5.00. The molecule has 2 aromatic carbocycles. The predicted molar refractivity (Wildman–Crippen MR) is 87.9 cm³/mol. The fourth-order valence-electron chi connectivity index (χ4n) is 2.65. The summed E-state index contributed by atoms with van der Waals surface area (Å²) in [4.78, 5) is 0. The molecule has 0 amide bonds. The minimum atomic E-state index is 0.229. The second kappa shape index (κ2) is 6.62. The van der Waals surface area contributed by atoms with Crippen molar-refractivity contribution in [1.82, 2.24) is 5.32 Å². The highest BCUT2D eigenvalue weighted by molar-refractivity contribution is 6.42. The summed E-state index contributed by atoms with van der Waals surface area (Å²) in [6.07, 6.45) is 0.821. The topological polar surface area (TPSA) is 12.0 Å². The number of benzene rings is 2. The van der Waals surface area contributed by atoms with Gasteiger partial charge in [-0.2, -0.15) is 0 Å². The highest BCUT2D eigenvalue weighted by Crippen LogP contribution is 2.31. The number of aryl methyl sites for hydroxylation is 2. The van der Waals surface area contributed by atoms with Crippen LogP contribution in [0, 0.1) is 13.8 Å². The Morgan fingerprint density at radius 1 is 1.00 bits per heavy atom. The van der Waals surface area contributed by atoms with E-state index in [1.165, 1.54) is 16.7 Å². The highest BCUT2D eigenvalue weighted by Gasteiger charge is 2.16. The van der Waals surface area contributed by atoms with E-state index in [-0.39, 0.29) is 6.04 Å². The lowest BCUT2D eigenvalue weighted by atomic mass is 9.92. The Morgan fingerprint density at radius 2 is 1.60 bits per heavy atom. The van der Waals surface area contributed by atoms with Gasteiger partial charge < -0.3 is 5.32 Å². The van der Waals surface area contributed by atoms with Crippen molar-refractivity contribution in [2.45, 2.75) is 26.3 Å². The van der Waals surface area contributed by atoms with E-state index in [1.54, 1.807) is 0 Å². The molecule has 2 rings (SSSR count). The number of likely N-dealkylation sites (N-methyl/N-ethyl adjacent to an activating group) is 1. The van der Waals surface area contributed by atoms with Gasteiger partial charge in [-0.1, -0.05) is 53.5 Å². The van der Waals surface area contributed by atoms with Crippen molar-refractivity contribution in [1.29, 1.82) is 0 Å². The van der Waals surface area contributed by atoms with Crippen molar-refractivity contribution in [3.63, 3.8) is 0 Å². The van der Waals surface area contributed by atoms with Crippen molar-refractivity contribution in [3.05, 3.63) is 68.7 Å². The van der Waals surface area contributed by atoms with Crippen LogP contribution < -0.4 is 5.32 Å². The normalized spacial score (nSPS) is 12.4. The van der Waals surface area contributed by atoms with E-state index in [1.807, 2.05) is 25.2 Å². The van der Waals surface area contributed by atoms with E-state index in [4.69, 9.17) is 23.2 Å². The Balaban J connectivity index is 2.37. The zero-order valence-corrected chi connectivity index (χ0v) is 13.5. The van der Waals surface area contributed by atoms with Gasteiger partial charge in [-0.05, 0) is 55.6 Å². The molecule has 106 valence electrons. The van der Waals surface area contributed by atoms with Crippen molar-refractivity contribution < 1.29 is 0 Å². The van der Waals surface area contributed by atoms with Crippen LogP contribution in [0.1, 0.15) is 28.3 Å². The maximum Gasteiger partial charge on any atom is 0.0624 e. The largest absolute Gasteiger partial charge is 0.313 e. The molecule has 0 bridgehead atoms. The van der Waals surface area contributed by atoms with Gasteiger partial charge in [-0.15, -0.1) is 0 Å². The molecule has 0 heterocycles. The monoisotopic (exact) mass is 307 g/mol. The van der Waals surface area contributed by atoms with E-state index in [9.17, 15) is 0 Å². The second-order valence-corrected chi connectivity index (χ2v) is 5.85. The average Bonchev–Trinajstić information content (AvgIpc) is 2.42. The zero-order chi connectivity index (χ0) is 14.7. The van der Waals surface area contributed by atoms with Crippen LogP contribution in [-0.4, -0.2) is 7.05 Å². The summed E-state index contributed by atoms with van der Waals surface area (Å²) in [5.74, 6) is 0. The molecule has 1 N–H and O–H groups in total. The molecule has 0 fully saturated rings. The summed E-state index contributed by atoms with van der Waals surface area (Å²) in [6, 6.07) is 12.4.